The van der Waals surface area contributed by atoms with Gasteiger partial charge in [0.15, 0.2) is 0 Å². The van der Waals surface area contributed by atoms with Crippen molar-refractivity contribution in [2.24, 2.45) is 4.99 Å². The Balaban J connectivity index is 2.41. The molecule has 2 rings (SSSR count). The molecule has 1 aromatic carbocycles. The van der Waals surface area contributed by atoms with E-state index in [2.05, 4.69) is 27.6 Å². The van der Waals surface area contributed by atoms with E-state index in [9.17, 15) is 0 Å². The Bertz CT molecular complexity index is 617. The Hall–Kier alpha value is -1.63. The summed E-state index contributed by atoms with van der Waals surface area (Å²) in [6.07, 6.45) is 4.09. The molecule has 106 valence electrons. The number of hydrogen-bond donors (Lipinski definition) is 2. The first-order chi connectivity index (χ1) is 9.65. The number of ether oxygens (including phenoxy) is 1. The molecule has 0 spiro atoms. The summed E-state index contributed by atoms with van der Waals surface area (Å²) >= 11 is -0.266. The molecule has 4 nitrogen and oxygen atoms in total. The molecule has 1 heterocycles. The van der Waals surface area contributed by atoms with Crippen LogP contribution in [0.2, 0.25) is 0 Å². The van der Waals surface area contributed by atoms with Crippen LogP contribution in [0.25, 0.3) is 5.57 Å². The molecular weight excluding hydrogens is 365 g/mol. The molecule has 0 atom stereocenters. The van der Waals surface area contributed by atoms with Gasteiger partial charge >= 0.3 is 130 Å². The summed E-state index contributed by atoms with van der Waals surface area (Å²) in [6, 6.07) is 7.90. The Kier molecular flexibility index (Phi) is 4.94. The van der Waals surface area contributed by atoms with Crippen LogP contribution in [0.1, 0.15) is 18.1 Å². The number of rotatable bonds is 2. The van der Waals surface area contributed by atoms with Crippen molar-refractivity contribution in [1.29, 1.82) is 5.41 Å². The van der Waals surface area contributed by atoms with Crippen LogP contribution in [0.15, 0.2) is 45.0 Å². The Morgan fingerprint density at radius 1 is 1.35 bits per heavy atom. The van der Waals surface area contributed by atoms with E-state index in [4.69, 9.17) is 10.1 Å². The van der Waals surface area contributed by atoms with E-state index in [1.54, 1.807) is 7.05 Å². The van der Waals surface area contributed by atoms with Crippen molar-refractivity contribution in [2.75, 3.05) is 14.2 Å². The summed E-state index contributed by atoms with van der Waals surface area (Å²) in [5.41, 5.74) is 3.10. The number of amidine groups is 1. The van der Waals surface area contributed by atoms with Crippen LogP contribution in [-0.4, -0.2) is 25.9 Å². The van der Waals surface area contributed by atoms with Crippen molar-refractivity contribution < 1.29 is 26.2 Å². The number of allylic oxidation sites excluding steroid dienone is 3. The molecule has 0 aromatic heterocycles. The Morgan fingerprint density at radius 2 is 2.15 bits per heavy atom. The Morgan fingerprint density at radius 3 is 2.85 bits per heavy atom. The van der Waals surface area contributed by atoms with Gasteiger partial charge in [0.1, 0.15) is 0 Å². The van der Waals surface area contributed by atoms with Gasteiger partial charge in [-0.15, -0.1) is 0 Å². The second-order valence-electron chi connectivity index (χ2n) is 4.19. The topological polar surface area (TPSA) is 57.5 Å². The monoisotopic (exact) mass is 382 g/mol. The zero-order chi connectivity index (χ0) is 14.5. The number of nitrogens with one attached hydrogen (secondary N) is 2. The van der Waals surface area contributed by atoms with Crippen molar-refractivity contribution in [1.82, 2.24) is 3.53 Å². The van der Waals surface area contributed by atoms with Crippen LogP contribution in [0, 0.1) is 5.41 Å². The van der Waals surface area contributed by atoms with Crippen molar-refractivity contribution in [2.45, 2.75) is 6.92 Å². The average Bonchev–Trinajstić information content (AvgIpc) is 2.68. The maximum absolute atomic E-state index is 7.76. The first kappa shape index (κ1) is 14.8. The molecule has 0 aliphatic carbocycles. The summed E-state index contributed by atoms with van der Waals surface area (Å²) in [4.78, 5) is 4.19. The fourth-order valence-corrected chi connectivity index (χ4v) is 3.72. The molecule has 0 radical (unpaired) electrons. The molecule has 0 saturated heterocycles. The Labute approximate surface area is 129 Å². The van der Waals surface area contributed by atoms with Gasteiger partial charge in [-0.25, -0.2) is 0 Å². The fourth-order valence-electron chi connectivity index (χ4n) is 1.84. The summed E-state index contributed by atoms with van der Waals surface area (Å²) in [5.74, 6) is 1.11. The van der Waals surface area contributed by atoms with Gasteiger partial charge in [0, 0.05) is 0 Å². The van der Waals surface area contributed by atoms with E-state index in [-0.39, 0.29) is 27.4 Å². The van der Waals surface area contributed by atoms with E-state index in [0.29, 0.717) is 0 Å². The predicted molar refractivity (Wildman–Crippen MR) is 78.5 cm³/mol. The van der Waals surface area contributed by atoms with E-state index in [1.807, 2.05) is 24.3 Å². The van der Waals surface area contributed by atoms with Gasteiger partial charge in [0.25, 0.3) is 0 Å². The van der Waals surface area contributed by atoms with Crippen LogP contribution in [0.5, 0.6) is 0 Å². The summed E-state index contributed by atoms with van der Waals surface area (Å²) in [5, 5.41) is 7.76. The minimum absolute atomic E-state index is 0.186. The number of hydrogen-bond acceptors (Lipinski definition) is 3. The van der Waals surface area contributed by atoms with Gasteiger partial charge in [-0.05, 0) is 0 Å². The standard InChI is InChI=1S/C15H17IN3O/c1-10-13(7-8-14(18-2)19-16-10)11-5-4-6-12(9-11)15(17)20-3/h4-9,17H,1-3H3,(H,18,19)/q-1. The van der Waals surface area contributed by atoms with E-state index >= 15 is 0 Å². The number of halogens is 1. The van der Waals surface area contributed by atoms with Crippen molar-refractivity contribution >= 4 is 17.3 Å². The minimum atomic E-state index is -0.266. The van der Waals surface area contributed by atoms with E-state index < -0.39 is 0 Å². The first-order valence-corrected chi connectivity index (χ1v) is 8.30. The molecule has 2 N–H and O–H groups in total. The van der Waals surface area contributed by atoms with Gasteiger partial charge in [-0.1, -0.05) is 0 Å². The third-order valence-electron chi connectivity index (χ3n) is 2.95. The first-order valence-electron chi connectivity index (χ1n) is 6.14. The third kappa shape index (κ3) is 3.27. The van der Waals surface area contributed by atoms with Crippen LogP contribution in [0.4, 0.5) is 0 Å². The maximum atomic E-state index is 7.76. The molecule has 0 fully saturated rings. The van der Waals surface area contributed by atoms with Gasteiger partial charge in [-0.3, -0.25) is 0 Å². The molecule has 1 aromatic rings. The molecule has 1 aliphatic rings. The number of benzene rings is 1. The van der Waals surface area contributed by atoms with Gasteiger partial charge in [0.2, 0.25) is 0 Å². The molecule has 0 amide bonds. The van der Waals surface area contributed by atoms with Crippen LogP contribution < -0.4 is 25.0 Å². The molecule has 1 aliphatic heterocycles. The quantitative estimate of drug-likeness (QED) is 0.316. The van der Waals surface area contributed by atoms with Crippen LogP contribution in [0.3, 0.4) is 0 Å². The second kappa shape index (κ2) is 6.69. The fraction of sp³-hybridized carbons (Fsp3) is 0.200. The van der Waals surface area contributed by atoms with Gasteiger partial charge in [-0.2, -0.15) is 0 Å². The van der Waals surface area contributed by atoms with E-state index in [0.717, 1.165) is 17.0 Å². The van der Waals surface area contributed by atoms with Crippen LogP contribution in [-0.2, 0) is 4.74 Å². The van der Waals surface area contributed by atoms with Gasteiger partial charge < -0.3 is 0 Å². The molecule has 0 saturated carbocycles. The summed E-state index contributed by atoms with van der Waals surface area (Å²) < 4.78 is 9.71. The zero-order valence-electron chi connectivity index (χ0n) is 11.7. The normalized spacial score (nSPS) is 17.2. The average molecular weight is 382 g/mol. The summed E-state index contributed by atoms with van der Waals surface area (Å²) in [7, 11) is 3.31. The van der Waals surface area contributed by atoms with Crippen LogP contribution >= 0.6 is 0 Å². The molecule has 5 heteroatoms. The number of nitrogens with zero attached hydrogens (tertiary/aromatic N) is 1. The molecule has 0 bridgehead atoms. The predicted octanol–water partition coefficient (Wildman–Crippen LogP) is -0.419. The molecular formula is C15H17IN3O-. The molecule has 20 heavy (non-hydrogen) atoms. The zero-order valence-corrected chi connectivity index (χ0v) is 13.9. The SMILES string of the molecule is CN=C1C=CC(c2cccc(C(=N)OC)c2)=C(C)[I-]N1. The summed E-state index contributed by atoms with van der Waals surface area (Å²) in [6.45, 7) is 2.15. The number of aliphatic imine (C=N–C) groups is 1. The second-order valence-corrected chi connectivity index (χ2v) is 6.89. The number of methoxy groups -OCH3 is 1. The molecule has 0 unspecified atom stereocenters. The van der Waals surface area contributed by atoms with Gasteiger partial charge in [0.05, 0.1) is 0 Å². The third-order valence-corrected chi connectivity index (χ3v) is 5.16. The van der Waals surface area contributed by atoms with E-state index in [1.165, 1.54) is 16.3 Å². The van der Waals surface area contributed by atoms with Crippen molar-refractivity contribution in [3.8, 4) is 0 Å². The van der Waals surface area contributed by atoms with Crippen molar-refractivity contribution in [3.05, 3.63) is 51.1 Å². The van der Waals surface area contributed by atoms with Crippen molar-refractivity contribution in [3.63, 3.8) is 0 Å².